The highest BCUT2D eigenvalue weighted by Crippen LogP contribution is 2.34. The third kappa shape index (κ3) is 3.98. The second-order valence-corrected chi connectivity index (χ2v) is 8.87. The van der Waals surface area contributed by atoms with Crippen LogP contribution in [-0.2, 0) is 11.2 Å². The molecule has 1 aromatic carbocycles. The van der Waals surface area contributed by atoms with Crippen LogP contribution in [-0.4, -0.2) is 51.4 Å². The Bertz CT molecular complexity index is 732. The maximum atomic E-state index is 10.3. The maximum Gasteiger partial charge on any atom is 0.113 e. The van der Waals surface area contributed by atoms with Gasteiger partial charge in [0.2, 0.25) is 0 Å². The first kappa shape index (κ1) is 19.0. The smallest absolute Gasteiger partial charge is 0.113 e. The topological polar surface area (TPSA) is 90.2 Å². The van der Waals surface area contributed by atoms with Gasteiger partial charge in [0.05, 0.1) is 10.4 Å². The highest BCUT2D eigenvalue weighted by atomic mass is 79.9. The average molecular weight is 429 g/mol. The number of aliphatic hydroxyl groups is 4. The van der Waals surface area contributed by atoms with E-state index in [1.54, 1.807) is 11.3 Å². The van der Waals surface area contributed by atoms with Crippen molar-refractivity contribution in [3.63, 3.8) is 0 Å². The lowest BCUT2D eigenvalue weighted by Gasteiger charge is -2.40. The van der Waals surface area contributed by atoms with Gasteiger partial charge in [0.25, 0.3) is 0 Å². The second kappa shape index (κ2) is 7.84. The Hall–Kier alpha value is -0.800. The predicted octanol–water partition coefficient (Wildman–Crippen LogP) is 1.92. The summed E-state index contributed by atoms with van der Waals surface area (Å²) in [5.41, 5.74) is 2.94. The molecule has 4 N–H and O–H groups in total. The first-order valence-electron chi connectivity index (χ1n) is 8.05. The fourth-order valence-corrected chi connectivity index (χ4v) is 4.58. The Morgan fingerprint density at radius 2 is 1.84 bits per heavy atom. The molecule has 136 valence electrons. The van der Waals surface area contributed by atoms with Crippen LogP contribution in [0.5, 0.6) is 0 Å². The minimum Gasteiger partial charge on any atom is -0.394 e. The molecule has 0 spiro atoms. The lowest BCUT2D eigenvalue weighted by molar-refractivity contribution is -0.231. The van der Waals surface area contributed by atoms with Crippen molar-refractivity contribution in [1.82, 2.24) is 0 Å². The molecular weight excluding hydrogens is 408 g/mol. The largest absolute Gasteiger partial charge is 0.394 e. The number of rotatable bonds is 4. The van der Waals surface area contributed by atoms with E-state index in [1.165, 1.54) is 4.88 Å². The number of thiophene rings is 1. The first-order chi connectivity index (χ1) is 11.9. The van der Waals surface area contributed by atoms with Crippen molar-refractivity contribution in [2.45, 2.75) is 43.9 Å². The molecule has 5 nitrogen and oxygen atoms in total. The molecule has 1 saturated heterocycles. The van der Waals surface area contributed by atoms with Gasteiger partial charge >= 0.3 is 0 Å². The summed E-state index contributed by atoms with van der Waals surface area (Å²) >= 11 is 5.13. The fraction of sp³-hybridized carbons (Fsp3) is 0.444. The van der Waals surface area contributed by atoms with Gasteiger partial charge in [-0.15, -0.1) is 11.3 Å². The Labute approximate surface area is 158 Å². The van der Waals surface area contributed by atoms with Crippen molar-refractivity contribution in [3.8, 4) is 0 Å². The van der Waals surface area contributed by atoms with E-state index in [0.717, 1.165) is 21.3 Å². The zero-order chi connectivity index (χ0) is 18.1. The second-order valence-electron chi connectivity index (χ2n) is 6.32. The molecule has 1 aromatic heterocycles. The lowest BCUT2D eigenvalue weighted by atomic mass is 9.89. The first-order valence-corrected chi connectivity index (χ1v) is 9.66. The Balaban J connectivity index is 1.88. The maximum absolute atomic E-state index is 10.3. The van der Waals surface area contributed by atoms with Gasteiger partial charge in [-0.1, -0.05) is 18.2 Å². The molecule has 3 rings (SSSR count). The number of aryl methyl sites for hydroxylation is 1. The van der Waals surface area contributed by atoms with E-state index < -0.39 is 37.1 Å². The average Bonchev–Trinajstić information content (AvgIpc) is 3.00. The molecule has 2 heterocycles. The third-order valence-electron chi connectivity index (χ3n) is 4.59. The molecule has 1 fully saturated rings. The van der Waals surface area contributed by atoms with Crippen molar-refractivity contribution in [2.24, 2.45) is 0 Å². The summed E-state index contributed by atoms with van der Waals surface area (Å²) in [5, 5.41) is 39.6. The third-order valence-corrected chi connectivity index (χ3v) is 6.21. The van der Waals surface area contributed by atoms with Gasteiger partial charge < -0.3 is 25.2 Å². The number of ether oxygens (including phenoxy) is 1. The van der Waals surface area contributed by atoms with E-state index >= 15 is 0 Å². The van der Waals surface area contributed by atoms with Gasteiger partial charge in [0.1, 0.15) is 30.5 Å². The van der Waals surface area contributed by atoms with Gasteiger partial charge in [0, 0.05) is 11.3 Å². The van der Waals surface area contributed by atoms with Crippen molar-refractivity contribution in [3.05, 3.63) is 55.7 Å². The normalized spacial score (nSPS) is 29.8. The Kier molecular flexibility index (Phi) is 5.95. The molecule has 0 saturated carbocycles. The van der Waals surface area contributed by atoms with Gasteiger partial charge in [-0.05, 0) is 51.7 Å². The minimum absolute atomic E-state index is 0.427. The van der Waals surface area contributed by atoms with E-state index in [1.807, 2.05) is 31.2 Å². The standard InChI is InChI=1S/C18H21BrO5S/c1-9-2-3-10(6-11(9)7-12-4-5-14(19)25-12)18-17(23)16(22)15(21)13(8-20)24-18/h2-6,13,15-18,20-23H,7-8H2,1H3/t13-,15-,16+,17-,18+/m1/s1. The molecule has 7 heteroatoms. The number of halogens is 1. The Morgan fingerprint density at radius 3 is 2.48 bits per heavy atom. The molecule has 0 aliphatic carbocycles. The highest BCUT2D eigenvalue weighted by Gasteiger charge is 2.43. The summed E-state index contributed by atoms with van der Waals surface area (Å²) in [6.07, 6.45) is -4.91. The molecule has 0 bridgehead atoms. The van der Waals surface area contributed by atoms with Gasteiger partial charge in [-0.3, -0.25) is 0 Å². The summed E-state index contributed by atoms with van der Waals surface area (Å²) in [5.74, 6) is 0. The zero-order valence-corrected chi connectivity index (χ0v) is 16.1. The molecular formula is C18H21BrO5S. The van der Waals surface area contributed by atoms with Crippen molar-refractivity contribution < 1.29 is 25.2 Å². The van der Waals surface area contributed by atoms with Crippen LogP contribution in [0.1, 0.15) is 27.7 Å². The van der Waals surface area contributed by atoms with Gasteiger partial charge in [-0.2, -0.15) is 0 Å². The molecule has 2 aromatic rings. The predicted molar refractivity (Wildman–Crippen MR) is 98.7 cm³/mol. The van der Waals surface area contributed by atoms with Gasteiger partial charge in [0.15, 0.2) is 0 Å². The van der Waals surface area contributed by atoms with Crippen LogP contribution in [0, 0.1) is 6.92 Å². The van der Waals surface area contributed by atoms with Gasteiger partial charge in [-0.25, -0.2) is 0 Å². The molecule has 1 aliphatic rings. The molecule has 25 heavy (non-hydrogen) atoms. The zero-order valence-electron chi connectivity index (χ0n) is 13.7. The molecule has 5 atom stereocenters. The number of hydrogen-bond acceptors (Lipinski definition) is 6. The summed E-state index contributed by atoms with van der Waals surface area (Å²) < 4.78 is 6.73. The van der Waals surface area contributed by atoms with Crippen molar-refractivity contribution in [1.29, 1.82) is 0 Å². The van der Waals surface area contributed by atoms with Crippen molar-refractivity contribution in [2.75, 3.05) is 6.61 Å². The van der Waals surface area contributed by atoms with Crippen LogP contribution in [0.15, 0.2) is 34.1 Å². The van der Waals surface area contributed by atoms with Crippen LogP contribution >= 0.6 is 27.3 Å². The highest BCUT2D eigenvalue weighted by molar-refractivity contribution is 9.11. The van der Waals surface area contributed by atoms with E-state index in [4.69, 9.17) is 4.74 Å². The Morgan fingerprint density at radius 1 is 1.08 bits per heavy atom. The van der Waals surface area contributed by atoms with E-state index in [9.17, 15) is 20.4 Å². The van der Waals surface area contributed by atoms with Crippen LogP contribution in [0.25, 0.3) is 0 Å². The van der Waals surface area contributed by atoms with Crippen molar-refractivity contribution >= 4 is 27.3 Å². The van der Waals surface area contributed by atoms with E-state index in [-0.39, 0.29) is 0 Å². The monoisotopic (exact) mass is 428 g/mol. The van der Waals surface area contributed by atoms with Crippen LogP contribution < -0.4 is 0 Å². The molecule has 1 aliphatic heterocycles. The van der Waals surface area contributed by atoms with Crippen LogP contribution in [0.4, 0.5) is 0 Å². The summed E-state index contributed by atoms with van der Waals surface area (Å²) in [4.78, 5) is 1.21. The SMILES string of the molecule is Cc1ccc([C@@H]2O[C@H](CO)[C@@H](O)[C@H](O)[C@H]2O)cc1Cc1ccc(Br)s1. The van der Waals surface area contributed by atoms with E-state index in [2.05, 4.69) is 22.0 Å². The van der Waals surface area contributed by atoms with Crippen LogP contribution in [0.2, 0.25) is 0 Å². The quantitative estimate of drug-likeness (QED) is 0.597. The molecule has 0 unspecified atom stereocenters. The number of benzene rings is 1. The summed E-state index contributed by atoms with van der Waals surface area (Å²) in [6.45, 7) is 1.60. The lowest BCUT2D eigenvalue weighted by Crippen LogP contribution is -2.55. The number of hydrogen-bond donors (Lipinski definition) is 4. The molecule has 0 radical (unpaired) electrons. The summed E-state index contributed by atoms with van der Waals surface area (Å²) in [7, 11) is 0. The fourth-order valence-electron chi connectivity index (χ4n) is 3.07. The van der Waals surface area contributed by atoms with Crippen LogP contribution in [0.3, 0.4) is 0 Å². The number of aliphatic hydroxyl groups excluding tert-OH is 4. The minimum atomic E-state index is -1.37. The summed E-state index contributed by atoms with van der Waals surface area (Å²) in [6, 6.07) is 9.83. The van der Waals surface area contributed by atoms with E-state index in [0.29, 0.717) is 5.56 Å². The molecule has 0 amide bonds.